The Kier molecular flexibility index (Phi) is 3.43. The van der Waals surface area contributed by atoms with Crippen molar-refractivity contribution in [1.29, 1.82) is 0 Å². The maximum atomic E-state index is 13.7. The van der Waals surface area contributed by atoms with Crippen LogP contribution in [0, 0.1) is 11.7 Å². The molecule has 5 nitrogen and oxygen atoms in total. The van der Waals surface area contributed by atoms with Crippen LogP contribution in [0.1, 0.15) is 12.8 Å². The summed E-state index contributed by atoms with van der Waals surface area (Å²) in [4.78, 5) is 1.87. The molecule has 1 aromatic carbocycles. The molecule has 0 amide bonds. The summed E-state index contributed by atoms with van der Waals surface area (Å²) in [7, 11) is -3.87. The maximum Gasteiger partial charge on any atom is 0.243 e. The summed E-state index contributed by atoms with van der Waals surface area (Å²) in [6.07, 6.45) is 1.99. The van der Waals surface area contributed by atoms with Crippen molar-refractivity contribution in [1.82, 2.24) is 9.62 Å². The molecule has 110 valence electrons. The van der Waals surface area contributed by atoms with E-state index in [9.17, 15) is 12.8 Å². The third-order valence-corrected chi connectivity index (χ3v) is 5.71. The number of anilines is 1. The first-order valence-electron chi connectivity index (χ1n) is 6.75. The number of fused-ring (bicyclic) bond motifs is 3. The lowest BCUT2D eigenvalue weighted by Crippen LogP contribution is -2.57. The van der Waals surface area contributed by atoms with E-state index >= 15 is 0 Å². The van der Waals surface area contributed by atoms with Gasteiger partial charge in [0.1, 0.15) is 10.7 Å². The molecular weight excluding hydrogens is 281 g/mol. The van der Waals surface area contributed by atoms with Gasteiger partial charge in [-0.3, -0.25) is 0 Å². The molecule has 0 aliphatic carbocycles. The number of halogens is 1. The lowest BCUT2D eigenvalue weighted by molar-refractivity contribution is 0.0827. The zero-order valence-corrected chi connectivity index (χ0v) is 11.9. The van der Waals surface area contributed by atoms with E-state index in [4.69, 9.17) is 5.73 Å². The first kappa shape index (κ1) is 13.8. The van der Waals surface area contributed by atoms with Crippen LogP contribution in [0.15, 0.2) is 23.1 Å². The Labute approximate surface area is 118 Å². The monoisotopic (exact) mass is 299 g/mol. The molecular formula is C13H18FN3O2S. The van der Waals surface area contributed by atoms with Gasteiger partial charge < -0.3 is 10.6 Å². The number of hydrogen-bond donors (Lipinski definition) is 2. The van der Waals surface area contributed by atoms with E-state index in [-0.39, 0.29) is 16.6 Å². The maximum absolute atomic E-state index is 13.7. The zero-order valence-electron chi connectivity index (χ0n) is 11.0. The van der Waals surface area contributed by atoms with Crippen LogP contribution >= 0.6 is 0 Å². The molecule has 0 saturated carbocycles. The average Bonchev–Trinajstić information content (AvgIpc) is 2.42. The zero-order chi connectivity index (χ0) is 14.3. The number of nitrogens with zero attached hydrogens (tertiary/aromatic N) is 1. The van der Waals surface area contributed by atoms with Crippen molar-refractivity contribution in [3.05, 3.63) is 24.0 Å². The Morgan fingerprint density at radius 3 is 2.60 bits per heavy atom. The predicted octanol–water partition coefficient (Wildman–Crippen LogP) is 0.780. The van der Waals surface area contributed by atoms with E-state index in [1.54, 1.807) is 0 Å². The number of hydrogen-bond acceptors (Lipinski definition) is 4. The van der Waals surface area contributed by atoms with Crippen LogP contribution < -0.4 is 10.5 Å². The summed E-state index contributed by atoms with van der Waals surface area (Å²) >= 11 is 0. The third-order valence-electron chi connectivity index (χ3n) is 4.21. The topological polar surface area (TPSA) is 75.4 Å². The Hall–Kier alpha value is -1.18. The summed E-state index contributed by atoms with van der Waals surface area (Å²) in [5, 5.41) is 0. The number of nitrogen functional groups attached to an aromatic ring is 1. The Bertz CT molecular complexity index is 612. The third kappa shape index (κ3) is 2.53. The fourth-order valence-corrected chi connectivity index (χ4v) is 4.50. The minimum absolute atomic E-state index is 0.136. The summed E-state index contributed by atoms with van der Waals surface area (Å²) < 4.78 is 41.0. The Morgan fingerprint density at radius 1 is 1.30 bits per heavy atom. The van der Waals surface area contributed by atoms with Gasteiger partial charge in [0.2, 0.25) is 10.0 Å². The fraction of sp³-hybridized carbons (Fsp3) is 0.538. The van der Waals surface area contributed by atoms with E-state index in [0.29, 0.717) is 12.5 Å². The van der Waals surface area contributed by atoms with Gasteiger partial charge in [-0.2, -0.15) is 0 Å². The quantitative estimate of drug-likeness (QED) is 0.809. The molecule has 3 N–H and O–H groups in total. The molecule has 0 radical (unpaired) electrons. The van der Waals surface area contributed by atoms with Crippen molar-refractivity contribution in [2.45, 2.75) is 23.8 Å². The van der Waals surface area contributed by atoms with Crippen LogP contribution in [0.5, 0.6) is 0 Å². The van der Waals surface area contributed by atoms with Crippen molar-refractivity contribution in [2.24, 2.45) is 5.92 Å². The number of nitrogens with one attached hydrogen (secondary N) is 1. The highest BCUT2D eigenvalue weighted by molar-refractivity contribution is 7.89. The van der Waals surface area contributed by atoms with Crippen molar-refractivity contribution in [3.63, 3.8) is 0 Å². The van der Waals surface area contributed by atoms with Gasteiger partial charge in [-0.1, -0.05) is 0 Å². The first-order chi connectivity index (χ1) is 9.45. The smallest absolute Gasteiger partial charge is 0.243 e. The number of piperidine rings is 3. The van der Waals surface area contributed by atoms with Gasteiger partial charge in [0, 0.05) is 18.3 Å². The van der Waals surface area contributed by atoms with Gasteiger partial charge in [-0.25, -0.2) is 17.5 Å². The van der Waals surface area contributed by atoms with Crippen LogP contribution in [0.2, 0.25) is 0 Å². The standard InChI is InChI=1S/C13H18FN3O2S/c14-11-2-1-10(15)7-13(11)20(18,19)16-12-8-17-5-3-9(12)4-6-17/h1-2,7,9,12,16H,3-6,8,15H2. The van der Waals surface area contributed by atoms with E-state index in [1.165, 1.54) is 12.1 Å². The number of nitrogens with two attached hydrogens (primary N) is 1. The average molecular weight is 299 g/mol. The highest BCUT2D eigenvalue weighted by Crippen LogP contribution is 2.29. The van der Waals surface area contributed by atoms with Crippen molar-refractivity contribution < 1.29 is 12.8 Å². The Morgan fingerprint density at radius 2 is 2.00 bits per heavy atom. The van der Waals surface area contributed by atoms with Gasteiger partial charge in [-0.05, 0) is 50.0 Å². The molecule has 3 aliphatic heterocycles. The molecule has 1 atom stereocenters. The van der Waals surface area contributed by atoms with Gasteiger partial charge in [0.15, 0.2) is 0 Å². The number of rotatable bonds is 3. The molecule has 3 saturated heterocycles. The van der Waals surface area contributed by atoms with Crippen LogP contribution in [0.4, 0.5) is 10.1 Å². The van der Waals surface area contributed by atoms with Crippen LogP contribution in [-0.2, 0) is 10.0 Å². The SMILES string of the molecule is Nc1ccc(F)c(S(=O)(=O)NC2CN3CCC2CC3)c1. The van der Waals surface area contributed by atoms with Crippen molar-refractivity contribution in [3.8, 4) is 0 Å². The van der Waals surface area contributed by atoms with Gasteiger partial charge in [0.25, 0.3) is 0 Å². The predicted molar refractivity (Wildman–Crippen MR) is 74.1 cm³/mol. The summed E-state index contributed by atoms with van der Waals surface area (Å²) in [5.41, 5.74) is 5.79. The molecule has 20 heavy (non-hydrogen) atoms. The molecule has 2 bridgehead atoms. The molecule has 4 rings (SSSR count). The molecule has 7 heteroatoms. The second-order valence-electron chi connectivity index (χ2n) is 5.56. The molecule has 1 unspecified atom stereocenters. The summed E-state index contributed by atoms with van der Waals surface area (Å²) in [6.45, 7) is 2.75. The van der Waals surface area contributed by atoms with Crippen molar-refractivity contribution >= 4 is 15.7 Å². The highest BCUT2D eigenvalue weighted by atomic mass is 32.2. The van der Waals surface area contributed by atoms with Gasteiger partial charge in [0.05, 0.1) is 0 Å². The van der Waals surface area contributed by atoms with Crippen molar-refractivity contribution in [2.75, 3.05) is 25.4 Å². The molecule has 3 aliphatic rings. The largest absolute Gasteiger partial charge is 0.399 e. The lowest BCUT2D eigenvalue weighted by Gasteiger charge is -2.44. The van der Waals surface area contributed by atoms with Gasteiger partial charge in [-0.15, -0.1) is 0 Å². The summed E-state index contributed by atoms with van der Waals surface area (Å²) in [5.74, 6) is -0.424. The van der Waals surface area contributed by atoms with E-state index in [1.807, 2.05) is 0 Å². The fourth-order valence-electron chi connectivity index (χ4n) is 3.09. The van der Waals surface area contributed by atoms with Crippen LogP contribution in [0.25, 0.3) is 0 Å². The van der Waals surface area contributed by atoms with E-state index in [2.05, 4.69) is 9.62 Å². The first-order valence-corrected chi connectivity index (χ1v) is 8.24. The van der Waals surface area contributed by atoms with E-state index in [0.717, 1.165) is 32.0 Å². The minimum atomic E-state index is -3.87. The highest BCUT2D eigenvalue weighted by Gasteiger charge is 2.37. The van der Waals surface area contributed by atoms with Gasteiger partial charge >= 0.3 is 0 Å². The van der Waals surface area contributed by atoms with Crippen LogP contribution in [-0.4, -0.2) is 39.0 Å². The molecule has 0 spiro atoms. The molecule has 1 aromatic rings. The Balaban J connectivity index is 1.84. The number of benzene rings is 1. The second-order valence-corrected chi connectivity index (χ2v) is 7.24. The second kappa shape index (κ2) is 4.98. The number of sulfonamides is 1. The van der Waals surface area contributed by atoms with E-state index < -0.39 is 15.8 Å². The molecule has 0 aromatic heterocycles. The summed E-state index contributed by atoms with van der Waals surface area (Å²) in [6, 6.07) is 3.46. The molecule has 3 heterocycles. The normalized spacial score (nSPS) is 29.6. The van der Waals surface area contributed by atoms with Crippen LogP contribution in [0.3, 0.4) is 0 Å². The molecule has 3 fully saturated rings. The lowest BCUT2D eigenvalue weighted by atomic mass is 9.85. The minimum Gasteiger partial charge on any atom is -0.399 e.